The fraction of sp³-hybridized carbons (Fsp3) is 0.533. The van der Waals surface area contributed by atoms with E-state index in [-0.39, 0.29) is 18.3 Å². The molecule has 2 heterocycles. The van der Waals surface area contributed by atoms with Crippen LogP contribution in [0.1, 0.15) is 43.2 Å². The largest absolute Gasteiger partial charge is 0.346 e. The number of amides is 1. The van der Waals surface area contributed by atoms with Crippen LogP contribution in [0.3, 0.4) is 0 Å². The second kappa shape index (κ2) is 7.07. The van der Waals surface area contributed by atoms with Gasteiger partial charge in [0.15, 0.2) is 0 Å². The summed E-state index contributed by atoms with van der Waals surface area (Å²) in [6.45, 7) is 8.38. The Morgan fingerprint density at radius 1 is 1.50 bits per heavy atom. The van der Waals surface area contributed by atoms with E-state index in [0.29, 0.717) is 23.7 Å². The number of rotatable bonds is 5. The van der Waals surface area contributed by atoms with Gasteiger partial charge >= 0.3 is 0 Å². The van der Waals surface area contributed by atoms with Crippen molar-refractivity contribution in [2.24, 2.45) is 11.7 Å². The number of pyridine rings is 1. The number of nitrogens with two attached hydrogens (primary N) is 1. The predicted molar refractivity (Wildman–Crippen MR) is 88.2 cm³/mol. The van der Waals surface area contributed by atoms with Gasteiger partial charge in [0, 0.05) is 18.3 Å². The van der Waals surface area contributed by atoms with Crippen LogP contribution in [0.4, 0.5) is 0 Å². The van der Waals surface area contributed by atoms with Crippen LogP contribution in [-0.4, -0.2) is 28.1 Å². The third-order valence-electron chi connectivity index (χ3n) is 3.50. The van der Waals surface area contributed by atoms with Gasteiger partial charge in [-0.3, -0.25) is 4.79 Å². The monoisotopic (exact) mass is 326 g/mol. The minimum Gasteiger partial charge on any atom is -0.346 e. The quantitative estimate of drug-likeness (QED) is 0.880. The third-order valence-corrected chi connectivity index (χ3v) is 3.50. The molecule has 0 bridgehead atoms. The Labute approximate surface area is 136 Å². The Balaban J connectivity index is 0.00000242. The van der Waals surface area contributed by atoms with E-state index in [2.05, 4.69) is 29.3 Å². The second-order valence-corrected chi connectivity index (χ2v) is 6.16. The third kappa shape index (κ3) is 3.96. The van der Waals surface area contributed by atoms with Gasteiger partial charge < -0.3 is 15.6 Å². The number of hydrogen-bond acceptors (Lipinski definition) is 5. The first kappa shape index (κ1) is 18.4. The van der Waals surface area contributed by atoms with Crippen LogP contribution < -0.4 is 11.1 Å². The Bertz CT molecular complexity index is 656. The number of nitrogens with zero attached hydrogens (tertiary/aromatic N) is 2. The summed E-state index contributed by atoms with van der Waals surface area (Å²) in [6, 6.07) is 1.75. The van der Waals surface area contributed by atoms with E-state index in [1.165, 1.54) is 6.20 Å². The average molecular weight is 327 g/mol. The molecule has 2 aromatic heterocycles. The van der Waals surface area contributed by atoms with Gasteiger partial charge in [-0.05, 0) is 32.3 Å². The molecule has 6 nitrogen and oxygen atoms in total. The lowest BCUT2D eigenvalue weighted by molar-refractivity contribution is 0.0898. The van der Waals surface area contributed by atoms with Crippen molar-refractivity contribution < 1.29 is 9.32 Å². The number of carbonyl (C=O) groups is 1. The number of halogens is 1. The van der Waals surface area contributed by atoms with Gasteiger partial charge in [-0.2, -0.15) is 0 Å². The molecular formula is C15H23ClN4O2. The summed E-state index contributed by atoms with van der Waals surface area (Å²) in [5, 5.41) is 7.60. The SMILES string of the molecule is Cc1noc2ncc(C(=O)NC(C)(CN)CC(C)C)cc12.Cl. The lowest BCUT2D eigenvalue weighted by Crippen LogP contribution is -2.52. The molecule has 1 unspecified atom stereocenters. The van der Waals surface area contributed by atoms with Crippen molar-refractivity contribution in [3.63, 3.8) is 0 Å². The highest BCUT2D eigenvalue weighted by atomic mass is 35.5. The van der Waals surface area contributed by atoms with E-state index in [1.54, 1.807) is 6.07 Å². The van der Waals surface area contributed by atoms with Gasteiger partial charge in [0.2, 0.25) is 0 Å². The maximum Gasteiger partial charge on any atom is 0.257 e. The summed E-state index contributed by atoms with van der Waals surface area (Å²) in [6.07, 6.45) is 2.31. The molecule has 122 valence electrons. The summed E-state index contributed by atoms with van der Waals surface area (Å²) >= 11 is 0. The Morgan fingerprint density at radius 3 is 2.77 bits per heavy atom. The molecule has 22 heavy (non-hydrogen) atoms. The molecule has 3 N–H and O–H groups in total. The number of aryl methyl sites for hydroxylation is 1. The van der Waals surface area contributed by atoms with Crippen LogP contribution in [0.15, 0.2) is 16.8 Å². The van der Waals surface area contributed by atoms with Crippen LogP contribution in [0.2, 0.25) is 0 Å². The molecule has 0 saturated heterocycles. The van der Waals surface area contributed by atoms with Crippen molar-refractivity contribution in [3.8, 4) is 0 Å². The van der Waals surface area contributed by atoms with Gasteiger partial charge in [-0.1, -0.05) is 19.0 Å². The van der Waals surface area contributed by atoms with Crippen molar-refractivity contribution in [1.82, 2.24) is 15.5 Å². The summed E-state index contributed by atoms with van der Waals surface area (Å²) < 4.78 is 5.05. The molecule has 1 amide bonds. The molecule has 2 aromatic rings. The lowest BCUT2D eigenvalue weighted by Gasteiger charge is -2.31. The highest BCUT2D eigenvalue weighted by Crippen LogP contribution is 2.19. The number of hydrogen-bond donors (Lipinski definition) is 2. The normalized spacial score (nSPS) is 13.7. The number of carbonyl (C=O) groups excluding carboxylic acids is 1. The van der Waals surface area contributed by atoms with Crippen LogP contribution in [-0.2, 0) is 0 Å². The van der Waals surface area contributed by atoms with Crippen LogP contribution in [0.25, 0.3) is 11.1 Å². The van der Waals surface area contributed by atoms with E-state index in [4.69, 9.17) is 10.3 Å². The topological polar surface area (TPSA) is 94.0 Å². The standard InChI is InChI=1S/C15H22N4O2.ClH/c1-9(2)6-15(4,8-16)18-13(20)11-5-12-10(3)19-21-14(12)17-7-11;/h5,7,9H,6,8,16H2,1-4H3,(H,18,20);1H. The lowest BCUT2D eigenvalue weighted by atomic mass is 9.90. The fourth-order valence-electron chi connectivity index (χ4n) is 2.50. The van der Waals surface area contributed by atoms with Gasteiger partial charge in [-0.15, -0.1) is 12.4 Å². The molecule has 0 aliphatic carbocycles. The Kier molecular flexibility index (Phi) is 5.91. The highest BCUT2D eigenvalue weighted by Gasteiger charge is 2.26. The van der Waals surface area contributed by atoms with E-state index >= 15 is 0 Å². The minimum atomic E-state index is -0.427. The first-order chi connectivity index (χ1) is 9.84. The smallest absolute Gasteiger partial charge is 0.257 e. The average Bonchev–Trinajstić information content (AvgIpc) is 2.79. The second-order valence-electron chi connectivity index (χ2n) is 6.16. The summed E-state index contributed by atoms with van der Waals surface area (Å²) in [4.78, 5) is 16.5. The van der Waals surface area contributed by atoms with Gasteiger partial charge in [-0.25, -0.2) is 4.98 Å². The summed E-state index contributed by atoms with van der Waals surface area (Å²) in [5.41, 5.74) is 7.04. The van der Waals surface area contributed by atoms with Crippen molar-refractivity contribution in [2.75, 3.05) is 6.54 Å². The summed E-state index contributed by atoms with van der Waals surface area (Å²) in [7, 11) is 0. The van der Waals surface area contributed by atoms with Crippen LogP contribution in [0, 0.1) is 12.8 Å². The summed E-state index contributed by atoms with van der Waals surface area (Å²) in [5.74, 6) is 0.262. The molecule has 0 aliphatic rings. The maximum absolute atomic E-state index is 12.4. The molecule has 0 fully saturated rings. The van der Waals surface area contributed by atoms with Crippen molar-refractivity contribution >= 4 is 29.4 Å². The number of fused-ring (bicyclic) bond motifs is 1. The van der Waals surface area contributed by atoms with Gasteiger partial charge in [0.25, 0.3) is 11.6 Å². The first-order valence-corrected chi connectivity index (χ1v) is 7.09. The highest BCUT2D eigenvalue weighted by molar-refractivity contribution is 5.97. The maximum atomic E-state index is 12.4. The molecular weight excluding hydrogens is 304 g/mol. The van der Waals surface area contributed by atoms with Gasteiger partial charge in [0.05, 0.1) is 16.6 Å². The fourth-order valence-corrected chi connectivity index (χ4v) is 2.50. The molecule has 2 rings (SSSR count). The minimum absolute atomic E-state index is 0. The number of nitrogens with one attached hydrogen (secondary N) is 1. The first-order valence-electron chi connectivity index (χ1n) is 7.09. The Hall–Kier alpha value is -1.66. The van der Waals surface area contributed by atoms with E-state index in [1.807, 2.05) is 13.8 Å². The molecule has 0 spiro atoms. The molecule has 0 saturated carbocycles. The zero-order valence-electron chi connectivity index (χ0n) is 13.3. The Morgan fingerprint density at radius 2 is 2.18 bits per heavy atom. The zero-order chi connectivity index (χ0) is 15.6. The molecule has 7 heteroatoms. The molecule has 1 atom stereocenters. The molecule has 0 aliphatic heterocycles. The van der Waals surface area contributed by atoms with E-state index < -0.39 is 5.54 Å². The van der Waals surface area contributed by atoms with Gasteiger partial charge in [0.1, 0.15) is 0 Å². The predicted octanol–water partition coefficient (Wildman–Crippen LogP) is 2.45. The van der Waals surface area contributed by atoms with Crippen LogP contribution >= 0.6 is 12.4 Å². The van der Waals surface area contributed by atoms with Crippen molar-refractivity contribution in [2.45, 2.75) is 39.7 Å². The van der Waals surface area contributed by atoms with Crippen LogP contribution in [0.5, 0.6) is 0 Å². The molecule has 0 radical (unpaired) electrons. The zero-order valence-corrected chi connectivity index (χ0v) is 14.2. The van der Waals surface area contributed by atoms with Crippen molar-refractivity contribution in [3.05, 3.63) is 23.5 Å². The number of aromatic nitrogens is 2. The molecule has 0 aromatic carbocycles. The van der Waals surface area contributed by atoms with Crippen molar-refractivity contribution in [1.29, 1.82) is 0 Å². The van der Waals surface area contributed by atoms with E-state index in [0.717, 1.165) is 17.5 Å². The van der Waals surface area contributed by atoms with E-state index in [9.17, 15) is 4.79 Å².